The van der Waals surface area contributed by atoms with E-state index in [1.54, 1.807) is 0 Å². The minimum Gasteiger partial charge on any atom is -0.491 e. The van der Waals surface area contributed by atoms with E-state index < -0.39 is 27.9 Å². The zero-order valence-electron chi connectivity index (χ0n) is 16.3. The Hall–Kier alpha value is -3.80. The molecule has 3 rings (SSSR count). The van der Waals surface area contributed by atoms with Gasteiger partial charge in [-0.1, -0.05) is 11.6 Å². The Balaban J connectivity index is 2.09. The summed E-state index contributed by atoms with van der Waals surface area (Å²) in [4.78, 5) is 23.5. The number of hydrogen-bond donors (Lipinski definition) is 0. The van der Waals surface area contributed by atoms with Crippen LogP contribution in [0.15, 0.2) is 47.4 Å². The highest BCUT2D eigenvalue weighted by Gasteiger charge is 2.31. The molecule has 0 aliphatic carbocycles. The van der Waals surface area contributed by atoms with E-state index in [-0.39, 0.29) is 33.7 Å². The molecule has 9 nitrogen and oxygen atoms in total. The second-order valence-electron chi connectivity index (χ2n) is 6.12. The third kappa shape index (κ3) is 4.44. The number of nitro benzene ring substituents is 1. The van der Waals surface area contributed by atoms with Crippen LogP contribution in [0.4, 0.5) is 18.9 Å². The van der Waals surface area contributed by atoms with Gasteiger partial charge in [0, 0.05) is 12.1 Å². The van der Waals surface area contributed by atoms with E-state index in [1.165, 1.54) is 20.3 Å². The lowest BCUT2D eigenvalue weighted by Gasteiger charge is -2.13. The fraction of sp³-hybridized carbons (Fsp3) is 0.158. The van der Waals surface area contributed by atoms with E-state index in [4.69, 9.17) is 25.8 Å². The first kappa shape index (κ1) is 22.9. The average Bonchev–Trinajstić information content (AvgIpc) is 2.73. The van der Waals surface area contributed by atoms with Crippen molar-refractivity contribution in [2.24, 2.45) is 0 Å². The van der Waals surface area contributed by atoms with E-state index in [9.17, 15) is 28.1 Å². The Morgan fingerprint density at radius 2 is 1.81 bits per heavy atom. The first-order valence-electron chi connectivity index (χ1n) is 8.60. The smallest absolute Gasteiger partial charge is 0.416 e. The van der Waals surface area contributed by atoms with Crippen molar-refractivity contribution in [2.75, 3.05) is 14.2 Å². The van der Waals surface area contributed by atoms with Gasteiger partial charge in [-0.15, -0.1) is 0 Å². The molecular weight excluding hydrogens is 459 g/mol. The molecule has 1 aromatic heterocycles. The fourth-order valence-corrected chi connectivity index (χ4v) is 2.92. The zero-order chi connectivity index (χ0) is 23.6. The minimum atomic E-state index is -4.59. The quantitative estimate of drug-likeness (QED) is 0.381. The van der Waals surface area contributed by atoms with E-state index in [0.29, 0.717) is 10.7 Å². The number of halogens is 4. The lowest BCUT2D eigenvalue weighted by molar-refractivity contribution is -0.384. The van der Waals surface area contributed by atoms with Gasteiger partial charge in [0.15, 0.2) is 11.4 Å². The highest BCUT2D eigenvalue weighted by Crippen LogP contribution is 2.37. The number of benzene rings is 2. The van der Waals surface area contributed by atoms with Gasteiger partial charge >= 0.3 is 11.7 Å². The van der Waals surface area contributed by atoms with Crippen LogP contribution >= 0.6 is 11.6 Å². The van der Waals surface area contributed by atoms with Crippen LogP contribution in [0.25, 0.3) is 5.69 Å². The number of ether oxygens (including phenoxy) is 3. The van der Waals surface area contributed by atoms with Crippen LogP contribution in [0, 0.1) is 10.1 Å². The van der Waals surface area contributed by atoms with Crippen LogP contribution < -0.4 is 19.8 Å². The second kappa shape index (κ2) is 8.75. The molecule has 0 unspecified atom stereocenters. The summed E-state index contributed by atoms with van der Waals surface area (Å²) in [6.07, 6.45) is -3.47. The van der Waals surface area contributed by atoms with Crippen molar-refractivity contribution in [3.8, 4) is 28.7 Å². The monoisotopic (exact) mass is 471 g/mol. The molecule has 0 fully saturated rings. The van der Waals surface area contributed by atoms with Gasteiger partial charge in [0.2, 0.25) is 5.75 Å². The largest absolute Gasteiger partial charge is 0.491 e. The maximum atomic E-state index is 12.8. The Kier molecular flexibility index (Phi) is 6.25. The molecule has 2 aromatic carbocycles. The third-order valence-corrected chi connectivity index (χ3v) is 4.48. The van der Waals surface area contributed by atoms with Gasteiger partial charge in [-0.05, 0) is 24.3 Å². The predicted octanol–water partition coefficient (Wildman–Crippen LogP) is 4.62. The molecule has 0 saturated carbocycles. The zero-order valence-corrected chi connectivity index (χ0v) is 17.1. The van der Waals surface area contributed by atoms with Crippen molar-refractivity contribution in [1.82, 2.24) is 9.78 Å². The molecule has 0 aliphatic heterocycles. The van der Waals surface area contributed by atoms with Crippen molar-refractivity contribution in [3.63, 3.8) is 0 Å². The Labute approximate surface area is 182 Å². The predicted molar refractivity (Wildman–Crippen MR) is 106 cm³/mol. The van der Waals surface area contributed by atoms with Crippen molar-refractivity contribution < 1.29 is 32.3 Å². The standard InChI is InChI=1S/C19H13ClF3N3O6/c1-30-16-9-24-25(18(27)17(16)31-2)14-8-11(4-5-13(14)26(28)29)32-15-6-3-10(7-12(15)20)19(21,22)23/h3-9H,1-2H3. The molecule has 0 amide bonds. The molecule has 32 heavy (non-hydrogen) atoms. The maximum absolute atomic E-state index is 12.8. The van der Waals surface area contributed by atoms with E-state index >= 15 is 0 Å². The molecule has 0 bridgehead atoms. The maximum Gasteiger partial charge on any atom is 0.416 e. The summed E-state index contributed by atoms with van der Waals surface area (Å²) in [5, 5.41) is 15.0. The molecule has 0 atom stereocenters. The average molecular weight is 472 g/mol. The molecule has 0 N–H and O–H groups in total. The lowest BCUT2D eigenvalue weighted by Crippen LogP contribution is -2.23. The van der Waals surface area contributed by atoms with Gasteiger partial charge in [-0.25, -0.2) is 0 Å². The van der Waals surface area contributed by atoms with Crippen LogP contribution in [-0.2, 0) is 6.18 Å². The lowest BCUT2D eigenvalue weighted by atomic mass is 10.2. The normalized spacial score (nSPS) is 11.2. The molecule has 1 heterocycles. The van der Waals surface area contributed by atoms with Crippen LogP contribution in [0.2, 0.25) is 5.02 Å². The van der Waals surface area contributed by atoms with Gasteiger partial charge in [0.25, 0.3) is 5.69 Å². The van der Waals surface area contributed by atoms with Crippen molar-refractivity contribution in [1.29, 1.82) is 0 Å². The molecular formula is C19H13ClF3N3O6. The first-order chi connectivity index (χ1) is 15.1. The van der Waals surface area contributed by atoms with Crippen molar-refractivity contribution in [3.05, 3.63) is 73.6 Å². The Morgan fingerprint density at radius 1 is 1.09 bits per heavy atom. The third-order valence-electron chi connectivity index (χ3n) is 4.18. The number of nitrogens with zero attached hydrogens (tertiary/aromatic N) is 3. The molecule has 0 aliphatic rings. The summed E-state index contributed by atoms with van der Waals surface area (Å²) >= 11 is 5.89. The highest BCUT2D eigenvalue weighted by molar-refractivity contribution is 6.32. The topological polar surface area (TPSA) is 106 Å². The Morgan fingerprint density at radius 3 is 2.38 bits per heavy atom. The number of methoxy groups -OCH3 is 2. The molecule has 0 saturated heterocycles. The number of alkyl halides is 3. The van der Waals surface area contributed by atoms with Crippen molar-refractivity contribution >= 4 is 17.3 Å². The second-order valence-corrected chi connectivity index (χ2v) is 6.52. The van der Waals surface area contributed by atoms with Gasteiger partial charge < -0.3 is 14.2 Å². The van der Waals surface area contributed by atoms with E-state index in [1.807, 2.05) is 0 Å². The molecule has 0 radical (unpaired) electrons. The SMILES string of the molecule is COc1cnn(-c2cc(Oc3ccc(C(F)(F)F)cc3Cl)ccc2[N+](=O)[O-])c(=O)c1OC. The van der Waals surface area contributed by atoms with Gasteiger partial charge in [0.05, 0.1) is 35.9 Å². The number of aromatic nitrogens is 2. The van der Waals surface area contributed by atoms with Gasteiger partial charge in [-0.2, -0.15) is 23.0 Å². The van der Waals surface area contributed by atoms with Crippen LogP contribution in [-0.4, -0.2) is 28.9 Å². The summed E-state index contributed by atoms with van der Waals surface area (Å²) < 4.78 is 54.6. The summed E-state index contributed by atoms with van der Waals surface area (Å²) in [7, 11) is 2.50. The minimum absolute atomic E-state index is 0.0142. The highest BCUT2D eigenvalue weighted by atomic mass is 35.5. The number of rotatable bonds is 6. The van der Waals surface area contributed by atoms with Crippen LogP contribution in [0.3, 0.4) is 0 Å². The molecule has 3 aromatic rings. The van der Waals surface area contributed by atoms with Gasteiger partial charge in [0.1, 0.15) is 11.5 Å². The van der Waals surface area contributed by atoms with E-state index in [0.717, 1.165) is 30.5 Å². The van der Waals surface area contributed by atoms with Crippen molar-refractivity contribution in [2.45, 2.75) is 6.18 Å². The van der Waals surface area contributed by atoms with Crippen LogP contribution in [0.1, 0.15) is 5.56 Å². The molecule has 168 valence electrons. The summed E-state index contributed by atoms with van der Waals surface area (Å²) in [6.45, 7) is 0. The van der Waals surface area contributed by atoms with Gasteiger partial charge in [-0.3, -0.25) is 14.9 Å². The number of nitro groups is 1. The summed E-state index contributed by atoms with van der Waals surface area (Å²) in [5.74, 6) is -0.405. The summed E-state index contributed by atoms with van der Waals surface area (Å²) in [5.41, 5.74) is -2.58. The molecule has 13 heteroatoms. The number of hydrogen-bond acceptors (Lipinski definition) is 7. The molecule has 0 spiro atoms. The first-order valence-corrected chi connectivity index (χ1v) is 8.98. The fourth-order valence-electron chi connectivity index (χ4n) is 2.71. The van der Waals surface area contributed by atoms with E-state index in [2.05, 4.69) is 5.10 Å². The summed E-state index contributed by atoms with van der Waals surface area (Å²) in [6, 6.07) is 5.83. The van der Waals surface area contributed by atoms with Crippen LogP contribution in [0.5, 0.6) is 23.0 Å². The Bertz CT molecular complexity index is 1250.